The van der Waals surface area contributed by atoms with Crippen LogP contribution in [-0.2, 0) is 25.8 Å². The van der Waals surface area contributed by atoms with Crippen molar-refractivity contribution in [2.45, 2.75) is 78.1 Å². The molecule has 4 atom stereocenters. The number of hydrogen-bond donors (Lipinski definition) is 4. The number of benzene rings is 1. The lowest BCUT2D eigenvalue weighted by atomic mass is 9.98. The molecule has 0 saturated carbocycles. The molecule has 34 heavy (non-hydrogen) atoms. The molecule has 0 aromatic heterocycles. The average molecular weight is 498 g/mol. The second-order valence-electron chi connectivity index (χ2n) is 10.7. The van der Waals surface area contributed by atoms with E-state index in [0.717, 1.165) is 11.8 Å². The van der Waals surface area contributed by atoms with E-state index in [4.69, 9.17) is 0 Å². The Hall–Kier alpha value is -1.97. The number of carbonyl (C=O) groups excluding carboxylic acids is 2. The number of aliphatic hydroxyl groups excluding tert-OH is 1. The van der Waals surface area contributed by atoms with Crippen LogP contribution in [0, 0.1) is 11.8 Å². The van der Waals surface area contributed by atoms with Crippen LogP contribution in [0.2, 0.25) is 0 Å². The summed E-state index contributed by atoms with van der Waals surface area (Å²) in [6.07, 6.45) is 1.06. The van der Waals surface area contributed by atoms with Gasteiger partial charge in [0.1, 0.15) is 9.84 Å². The lowest BCUT2D eigenvalue weighted by molar-refractivity contribution is -0.126. The lowest BCUT2D eigenvalue weighted by Gasteiger charge is -2.30. The molecule has 0 radical (unpaired) electrons. The van der Waals surface area contributed by atoms with Crippen molar-refractivity contribution in [3.05, 3.63) is 35.9 Å². The highest BCUT2D eigenvalue weighted by molar-refractivity contribution is 7.90. The molecule has 1 aromatic carbocycles. The largest absolute Gasteiger partial charge is 0.390 e. The van der Waals surface area contributed by atoms with Crippen LogP contribution < -0.4 is 16.0 Å². The maximum absolute atomic E-state index is 12.8. The number of sulfone groups is 1. The first-order valence-corrected chi connectivity index (χ1v) is 13.9. The Morgan fingerprint density at radius 3 is 2.12 bits per heavy atom. The van der Waals surface area contributed by atoms with Gasteiger partial charge in [-0.2, -0.15) is 0 Å². The van der Waals surface area contributed by atoms with Gasteiger partial charge in [0.15, 0.2) is 0 Å². The van der Waals surface area contributed by atoms with E-state index in [1.165, 1.54) is 0 Å². The summed E-state index contributed by atoms with van der Waals surface area (Å²) in [5.41, 5.74) is 0.540. The summed E-state index contributed by atoms with van der Waals surface area (Å²) in [7, 11) is -3.32. The minimum Gasteiger partial charge on any atom is -0.390 e. The molecule has 0 saturated heterocycles. The third kappa shape index (κ3) is 12.5. The van der Waals surface area contributed by atoms with Crippen molar-refractivity contribution in [3.8, 4) is 0 Å². The predicted octanol–water partition coefficient (Wildman–Crippen LogP) is 1.67. The summed E-state index contributed by atoms with van der Waals surface area (Å²) in [6, 6.07) is 8.28. The fourth-order valence-electron chi connectivity index (χ4n) is 3.62. The van der Waals surface area contributed by atoms with Gasteiger partial charge in [-0.15, -0.1) is 0 Å². The summed E-state index contributed by atoms with van der Waals surface area (Å²) in [5.74, 6) is -1.33. The number of hydrogen-bond acceptors (Lipinski definition) is 6. The Morgan fingerprint density at radius 2 is 1.62 bits per heavy atom. The van der Waals surface area contributed by atoms with Crippen molar-refractivity contribution in [1.82, 2.24) is 16.0 Å². The van der Waals surface area contributed by atoms with E-state index in [0.29, 0.717) is 12.8 Å². The topological polar surface area (TPSA) is 125 Å². The van der Waals surface area contributed by atoms with Gasteiger partial charge in [0.25, 0.3) is 0 Å². The highest BCUT2D eigenvalue weighted by Gasteiger charge is 2.28. The second-order valence-corrected chi connectivity index (χ2v) is 12.9. The van der Waals surface area contributed by atoms with E-state index in [-0.39, 0.29) is 29.7 Å². The first-order valence-electron chi connectivity index (χ1n) is 11.8. The van der Waals surface area contributed by atoms with Gasteiger partial charge in [-0.25, -0.2) is 8.42 Å². The van der Waals surface area contributed by atoms with Crippen LogP contribution in [0.5, 0.6) is 0 Å². The van der Waals surface area contributed by atoms with Crippen LogP contribution in [0.1, 0.15) is 53.5 Å². The van der Waals surface area contributed by atoms with Gasteiger partial charge >= 0.3 is 0 Å². The molecular formula is C25H43N3O5S. The first kappa shape index (κ1) is 30.1. The molecular weight excluding hydrogens is 454 g/mol. The second kappa shape index (κ2) is 13.2. The molecule has 9 heteroatoms. The van der Waals surface area contributed by atoms with Crippen LogP contribution in [0.25, 0.3) is 0 Å². The standard InChI is InChI=1S/C25H43N3O5S/c1-17(2)13-21(24(31)28-25(4,5)6)26-15-22(29)20(14-19-11-9-8-10-12-19)27-23(30)18(3)16-34(7,32)33/h8-12,17-18,20-22,26,29H,13-16H2,1-7H3,(H,27,30)(H,28,31). The molecule has 4 N–H and O–H groups in total. The molecule has 194 valence electrons. The molecule has 8 nitrogen and oxygen atoms in total. The fourth-order valence-corrected chi connectivity index (χ4v) is 4.68. The van der Waals surface area contributed by atoms with E-state index in [2.05, 4.69) is 16.0 Å². The Kier molecular flexibility index (Phi) is 11.7. The smallest absolute Gasteiger partial charge is 0.237 e. The van der Waals surface area contributed by atoms with Crippen molar-refractivity contribution >= 4 is 21.7 Å². The zero-order valence-electron chi connectivity index (χ0n) is 21.6. The zero-order chi connectivity index (χ0) is 26.1. The van der Waals surface area contributed by atoms with Gasteiger partial charge in [-0.3, -0.25) is 9.59 Å². The molecule has 2 amide bonds. The molecule has 0 aliphatic heterocycles. The molecule has 0 fully saturated rings. The summed E-state index contributed by atoms with van der Waals surface area (Å²) in [5, 5.41) is 20.0. The number of aliphatic hydroxyl groups is 1. The normalized spacial score (nSPS) is 15.9. The van der Waals surface area contributed by atoms with Crippen LogP contribution >= 0.6 is 0 Å². The van der Waals surface area contributed by atoms with Gasteiger partial charge in [0.05, 0.1) is 23.9 Å². The molecule has 1 aromatic rings. The summed E-state index contributed by atoms with van der Waals surface area (Å²) >= 11 is 0. The van der Waals surface area contributed by atoms with Crippen LogP contribution in [0.3, 0.4) is 0 Å². The van der Waals surface area contributed by atoms with E-state index in [1.54, 1.807) is 6.92 Å². The number of amides is 2. The number of carbonyl (C=O) groups is 2. The van der Waals surface area contributed by atoms with Crippen molar-refractivity contribution in [3.63, 3.8) is 0 Å². The summed E-state index contributed by atoms with van der Waals surface area (Å²) < 4.78 is 23.2. The minimum atomic E-state index is -3.32. The summed E-state index contributed by atoms with van der Waals surface area (Å²) in [4.78, 5) is 25.5. The van der Waals surface area contributed by atoms with Gasteiger partial charge in [-0.05, 0) is 45.1 Å². The Morgan fingerprint density at radius 1 is 1.03 bits per heavy atom. The lowest BCUT2D eigenvalue weighted by Crippen LogP contribution is -2.55. The zero-order valence-corrected chi connectivity index (χ0v) is 22.4. The molecule has 0 heterocycles. The SMILES string of the molecule is CC(C)CC(NCC(O)C(Cc1ccccc1)NC(=O)C(C)CS(C)(=O)=O)C(=O)NC(C)(C)C. The third-order valence-corrected chi connectivity index (χ3v) is 6.29. The highest BCUT2D eigenvalue weighted by Crippen LogP contribution is 2.11. The fraction of sp³-hybridized carbons (Fsp3) is 0.680. The maximum Gasteiger partial charge on any atom is 0.237 e. The van der Waals surface area contributed by atoms with Crippen LogP contribution in [-0.4, -0.2) is 67.6 Å². The van der Waals surface area contributed by atoms with Gasteiger partial charge in [-0.1, -0.05) is 51.1 Å². The van der Waals surface area contributed by atoms with E-state index in [9.17, 15) is 23.1 Å². The van der Waals surface area contributed by atoms with E-state index in [1.807, 2.05) is 65.0 Å². The van der Waals surface area contributed by atoms with E-state index < -0.39 is 39.8 Å². The highest BCUT2D eigenvalue weighted by atomic mass is 32.2. The average Bonchev–Trinajstić information content (AvgIpc) is 2.68. The minimum absolute atomic E-state index is 0.0905. The Labute approximate surface area is 205 Å². The maximum atomic E-state index is 12.8. The Balaban J connectivity index is 2.96. The van der Waals surface area contributed by atoms with Crippen molar-refractivity contribution in [1.29, 1.82) is 0 Å². The first-order chi connectivity index (χ1) is 15.6. The molecule has 0 bridgehead atoms. The van der Waals surface area contributed by atoms with Crippen molar-refractivity contribution < 1.29 is 23.1 Å². The van der Waals surface area contributed by atoms with E-state index >= 15 is 0 Å². The quantitative estimate of drug-likeness (QED) is 0.329. The van der Waals surface area contributed by atoms with Gasteiger partial charge < -0.3 is 21.1 Å². The Bertz CT molecular complexity index is 882. The molecule has 0 spiro atoms. The number of rotatable bonds is 13. The van der Waals surface area contributed by atoms with Crippen LogP contribution in [0.15, 0.2) is 30.3 Å². The predicted molar refractivity (Wildman–Crippen MR) is 136 cm³/mol. The molecule has 4 unspecified atom stereocenters. The summed E-state index contributed by atoms with van der Waals surface area (Å²) in [6.45, 7) is 11.4. The van der Waals surface area contributed by atoms with Gasteiger partial charge in [0, 0.05) is 24.3 Å². The van der Waals surface area contributed by atoms with Crippen LogP contribution in [0.4, 0.5) is 0 Å². The van der Waals surface area contributed by atoms with Crippen molar-refractivity contribution in [2.75, 3.05) is 18.6 Å². The molecule has 0 aliphatic carbocycles. The van der Waals surface area contributed by atoms with Crippen molar-refractivity contribution in [2.24, 2.45) is 11.8 Å². The monoisotopic (exact) mass is 497 g/mol. The molecule has 0 aliphatic rings. The molecule has 1 rings (SSSR count). The number of nitrogens with one attached hydrogen (secondary N) is 3. The third-order valence-electron chi connectivity index (χ3n) is 5.19. The van der Waals surface area contributed by atoms with Gasteiger partial charge in [0.2, 0.25) is 11.8 Å².